The maximum atomic E-state index is 13.2. The van der Waals surface area contributed by atoms with E-state index in [4.69, 9.17) is 4.74 Å². The summed E-state index contributed by atoms with van der Waals surface area (Å²) < 4.78 is 18.7. The third-order valence-corrected chi connectivity index (χ3v) is 2.30. The van der Waals surface area contributed by atoms with Crippen LogP contribution in [-0.2, 0) is 6.54 Å². The average molecular weight is 237 g/mol. The zero-order chi connectivity index (χ0) is 12.7. The SMILES string of the molecule is C=CCCOc1ccc(F)cc1CNC(C)C. The van der Waals surface area contributed by atoms with Crippen molar-refractivity contribution in [2.24, 2.45) is 0 Å². The van der Waals surface area contributed by atoms with E-state index < -0.39 is 0 Å². The van der Waals surface area contributed by atoms with E-state index in [0.717, 1.165) is 17.7 Å². The maximum Gasteiger partial charge on any atom is 0.123 e. The molecule has 17 heavy (non-hydrogen) atoms. The molecule has 0 spiro atoms. The Labute approximate surface area is 102 Å². The highest BCUT2D eigenvalue weighted by atomic mass is 19.1. The summed E-state index contributed by atoms with van der Waals surface area (Å²) in [6.07, 6.45) is 2.59. The van der Waals surface area contributed by atoms with Gasteiger partial charge in [-0.15, -0.1) is 6.58 Å². The minimum atomic E-state index is -0.235. The van der Waals surface area contributed by atoms with Crippen molar-refractivity contribution in [1.82, 2.24) is 5.32 Å². The molecule has 0 amide bonds. The molecule has 1 N–H and O–H groups in total. The van der Waals surface area contributed by atoms with E-state index in [1.807, 2.05) is 0 Å². The second-order valence-corrected chi connectivity index (χ2v) is 4.21. The number of hydrogen-bond donors (Lipinski definition) is 1. The third kappa shape index (κ3) is 5.00. The number of halogens is 1. The lowest BCUT2D eigenvalue weighted by Gasteiger charge is -2.13. The molecular weight excluding hydrogens is 217 g/mol. The topological polar surface area (TPSA) is 21.3 Å². The van der Waals surface area contributed by atoms with Crippen LogP contribution in [0, 0.1) is 5.82 Å². The number of hydrogen-bond acceptors (Lipinski definition) is 2. The van der Waals surface area contributed by atoms with E-state index in [9.17, 15) is 4.39 Å². The molecule has 0 fully saturated rings. The van der Waals surface area contributed by atoms with Crippen LogP contribution >= 0.6 is 0 Å². The van der Waals surface area contributed by atoms with E-state index in [0.29, 0.717) is 19.2 Å². The lowest BCUT2D eigenvalue weighted by atomic mass is 10.2. The van der Waals surface area contributed by atoms with Crippen molar-refractivity contribution in [2.45, 2.75) is 32.9 Å². The first-order valence-corrected chi connectivity index (χ1v) is 5.89. The first-order chi connectivity index (χ1) is 8.13. The highest BCUT2D eigenvalue weighted by Crippen LogP contribution is 2.20. The van der Waals surface area contributed by atoms with E-state index in [1.165, 1.54) is 12.1 Å². The number of ether oxygens (including phenoxy) is 1. The van der Waals surface area contributed by atoms with E-state index in [1.54, 1.807) is 12.1 Å². The van der Waals surface area contributed by atoms with Crippen LogP contribution in [-0.4, -0.2) is 12.6 Å². The van der Waals surface area contributed by atoms with Gasteiger partial charge in [0.2, 0.25) is 0 Å². The van der Waals surface area contributed by atoms with Crippen LogP contribution in [0.3, 0.4) is 0 Å². The summed E-state index contributed by atoms with van der Waals surface area (Å²) in [6.45, 7) is 8.93. The van der Waals surface area contributed by atoms with Crippen molar-refractivity contribution in [2.75, 3.05) is 6.61 Å². The zero-order valence-electron chi connectivity index (χ0n) is 10.5. The molecule has 1 rings (SSSR count). The molecule has 0 bridgehead atoms. The average Bonchev–Trinajstić information content (AvgIpc) is 2.29. The maximum absolute atomic E-state index is 13.2. The Kier molecular flexibility index (Phi) is 5.70. The number of benzene rings is 1. The molecular formula is C14H20FNO. The zero-order valence-corrected chi connectivity index (χ0v) is 10.5. The lowest BCUT2D eigenvalue weighted by Crippen LogP contribution is -2.22. The molecule has 0 aliphatic carbocycles. The monoisotopic (exact) mass is 237 g/mol. The fourth-order valence-electron chi connectivity index (χ4n) is 1.39. The molecule has 0 saturated carbocycles. The first kappa shape index (κ1) is 13.7. The van der Waals surface area contributed by atoms with Gasteiger partial charge in [0.25, 0.3) is 0 Å². The fraction of sp³-hybridized carbons (Fsp3) is 0.429. The minimum absolute atomic E-state index is 0.235. The van der Waals surface area contributed by atoms with Gasteiger partial charge < -0.3 is 10.1 Å². The first-order valence-electron chi connectivity index (χ1n) is 5.89. The Morgan fingerprint density at radius 1 is 1.47 bits per heavy atom. The Balaban J connectivity index is 2.69. The highest BCUT2D eigenvalue weighted by molar-refractivity contribution is 5.34. The Bertz CT molecular complexity index is 363. The van der Waals surface area contributed by atoms with Crippen molar-refractivity contribution in [3.05, 3.63) is 42.2 Å². The quantitative estimate of drug-likeness (QED) is 0.580. The lowest BCUT2D eigenvalue weighted by molar-refractivity contribution is 0.319. The number of rotatable bonds is 7. The van der Waals surface area contributed by atoms with Crippen LogP contribution in [0.5, 0.6) is 5.75 Å². The second-order valence-electron chi connectivity index (χ2n) is 4.21. The van der Waals surface area contributed by atoms with Gasteiger partial charge in [0.1, 0.15) is 11.6 Å². The highest BCUT2D eigenvalue weighted by Gasteiger charge is 2.06. The predicted molar refractivity (Wildman–Crippen MR) is 68.7 cm³/mol. The molecule has 2 nitrogen and oxygen atoms in total. The molecule has 0 atom stereocenters. The van der Waals surface area contributed by atoms with Crippen molar-refractivity contribution >= 4 is 0 Å². The molecule has 0 aliphatic heterocycles. The van der Waals surface area contributed by atoms with Gasteiger partial charge in [-0.25, -0.2) is 4.39 Å². The molecule has 0 unspecified atom stereocenters. The minimum Gasteiger partial charge on any atom is -0.493 e. The fourth-order valence-corrected chi connectivity index (χ4v) is 1.39. The van der Waals surface area contributed by atoms with Crippen LogP contribution in [0.1, 0.15) is 25.8 Å². The molecule has 1 aromatic rings. The largest absolute Gasteiger partial charge is 0.493 e. The van der Waals surface area contributed by atoms with Gasteiger partial charge in [-0.2, -0.15) is 0 Å². The summed E-state index contributed by atoms with van der Waals surface area (Å²) in [4.78, 5) is 0. The van der Waals surface area contributed by atoms with Crippen LogP contribution < -0.4 is 10.1 Å². The number of nitrogens with one attached hydrogen (secondary N) is 1. The summed E-state index contributed by atoms with van der Waals surface area (Å²) in [6, 6.07) is 4.97. The smallest absolute Gasteiger partial charge is 0.123 e. The van der Waals surface area contributed by atoms with Gasteiger partial charge in [0.15, 0.2) is 0 Å². The Hall–Kier alpha value is -1.35. The van der Waals surface area contributed by atoms with Gasteiger partial charge in [0.05, 0.1) is 6.61 Å². The standard InChI is InChI=1S/C14H20FNO/c1-4-5-8-17-14-7-6-13(15)9-12(14)10-16-11(2)3/h4,6-7,9,11,16H,1,5,8,10H2,2-3H3. The van der Waals surface area contributed by atoms with Gasteiger partial charge in [0, 0.05) is 18.2 Å². The van der Waals surface area contributed by atoms with E-state index in [-0.39, 0.29) is 5.82 Å². The second kappa shape index (κ2) is 7.07. The van der Waals surface area contributed by atoms with E-state index in [2.05, 4.69) is 25.7 Å². The van der Waals surface area contributed by atoms with Crippen molar-refractivity contribution in [1.29, 1.82) is 0 Å². The molecule has 1 aromatic carbocycles. The Morgan fingerprint density at radius 3 is 2.88 bits per heavy atom. The normalized spacial score (nSPS) is 10.6. The summed E-state index contributed by atoms with van der Waals surface area (Å²) in [7, 11) is 0. The summed E-state index contributed by atoms with van der Waals surface area (Å²) in [5.41, 5.74) is 0.850. The predicted octanol–water partition coefficient (Wildman–Crippen LogP) is 3.28. The molecule has 94 valence electrons. The molecule has 0 aliphatic rings. The molecule has 0 radical (unpaired) electrons. The van der Waals surface area contributed by atoms with Gasteiger partial charge >= 0.3 is 0 Å². The van der Waals surface area contributed by atoms with Gasteiger partial charge in [-0.3, -0.25) is 0 Å². The summed E-state index contributed by atoms with van der Waals surface area (Å²) in [5.74, 6) is 0.503. The summed E-state index contributed by atoms with van der Waals surface area (Å²) in [5, 5.41) is 3.25. The van der Waals surface area contributed by atoms with Crippen LogP contribution in [0.25, 0.3) is 0 Å². The van der Waals surface area contributed by atoms with E-state index >= 15 is 0 Å². The third-order valence-electron chi connectivity index (χ3n) is 2.30. The molecule has 3 heteroatoms. The summed E-state index contributed by atoms with van der Waals surface area (Å²) >= 11 is 0. The van der Waals surface area contributed by atoms with Crippen LogP contribution in [0.15, 0.2) is 30.9 Å². The van der Waals surface area contributed by atoms with Gasteiger partial charge in [-0.05, 0) is 24.6 Å². The van der Waals surface area contributed by atoms with Crippen molar-refractivity contribution in [3.8, 4) is 5.75 Å². The molecule has 0 saturated heterocycles. The van der Waals surface area contributed by atoms with Crippen molar-refractivity contribution in [3.63, 3.8) is 0 Å². The molecule has 0 aromatic heterocycles. The van der Waals surface area contributed by atoms with Crippen LogP contribution in [0.2, 0.25) is 0 Å². The molecule has 0 heterocycles. The van der Waals surface area contributed by atoms with Crippen molar-refractivity contribution < 1.29 is 9.13 Å². The van der Waals surface area contributed by atoms with Crippen LogP contribution in [0.4, 0.5) is 4.39 Å². The van der Waals surface area contributed by atoms with Gasteiger partial charge in [-0.1, -0.05) is 19.9 Å². The Morgan fingerprint density at radius 2 is 2.24 bits per heavy atom.